The van der Waals surface area contributed by atoms with Crippen molar-refractivity contribution in [1.82, 2.24) is 20.1 Å². The number of amides is 4. The highest BCUT2D eigenvalue weighted by molar-refractivity contribution is 6.04. The monoisotopic (exact) mass is 746 g/mol. The number of nitrogens with two attached hydrogens (primary N) is 1. The van der Waals surface area contributed by atoms with Gasteiger partial charge in [0.1, 0.15) is 25.4 Å². The number of ether oxygens (including phenoxy) is 3. The maximum absolute atomic E-state index is 13.5. The van der Waals surface area contributed by atoms with Gasteiger partial charge in [-0.3, -0.25) is 29.6 Å². The van der Waals surface area contributed by atoms with E-state index in [1.807, 2.05) is 47.6 Å². The SMILES string of the molecule is C=C1C[C@H]2CCc3cc(OCc4cc(COc5cc6c(cc5OC)C(=O)N5CC(=C)C[C@H]5C=N6)cc(CN(C)C(=O)CC(=O)NN)c4)c(C)cc3C(=O)N2C1. The van der Waals surface area contributed by atoms with Gasteiger partial charge in [-0.05, 0) is 84.7 Å². The van der Waals surface area contributed by atoms with E-state index in [4.69, 9.17) is 20.1 Å². The summed E-state index contributed by atoms with van der Waals surface area (Å²) < 4.78 is 18.4. The van der Waals surface area contributed by atoms with Crippen LogP contribution in [0.4, 0.5) is 5.69 Å². The molecule has 0 saturated carbocycles. The molecule has 3 N–H and O–H groups in total. The number of carbonyl (C=O) groups excluding carboxylic acids is 4. The van der Waals surface area contributed by atoms with Gasteiger partial charge in [0.2, 0.25) is 11.8 Å². The molecule has 0 radical (unpaired) electrons. The highest BCUT2D eigenvalue weighted by Gasteiger charge is 2.36. The first kappa shape index (κ1) is 37.4. The van der Waals surface area contributed by atoms with Crippen LogP contribution in [0.1, 0.15) is 74.2 Å². The van der Waals surface area contributed by atoms with Gasteiger partial charge in [-0.25, -0.2) is 5.84 Å². The molecule has 4 aliphatic rings. The van der Waals surface area contributed by atoms with Crippen LogP contribution >= 0.6 is 0 Å². The average molecular weight is 747 g/mol. The molecule has 2 atom stereocenters. The molecule has 13 nitrogen and oxygen atoms in total. The first-order chi connectivity index (χ1) is 26.4. The smallest absolute Gasteiger partial charge is 0.257 e. The van der Waals surface area contributed by atoms with Gasteiger partial charge in [0.05, 0.1) is 24.4 Å². The Morgan fingerprint density at radius 3 is 2.29 bits per heavy atom. The fourth-order valence-electron chi connectivity index (χ4n) is 7.85. The van der Waals surface area contributed by atoms with E-state index in [9.17, 15) is 19.2 Å². The second-order valence-corrected chi connectivity index (χ2v) is 14.8. The van der Waals surface area contributed by atoms with Crippen molar-refractivity contribution in [2.75, 3.05) is 27.2 Å². The van der Waals surface area contributed by atoms with Gasteiger partial charge >= 0.3 is 0 Å². The zero-order valence-electron chi connectivity index (χ0n) is 31.5. The molecule has 0 unspecified atom stereocenters. The molecule has 286 valence electrons. The standard InChI is InChI=1S/C42H46N6O7/c1-24-8-31-7-6-30-14-36(26(3)10-33(30)41(51)47(31)19-24)54-22-28-11-27(21-46(4)40(50)17-39(49)45-43)12-29(13-28)23-55-38-16-35-34(15-37(38)53-5)42(52)48-20-25(2)9-32(48)18-44-35/h10-16,18,31-32H,1-2,6-9,17,19-23,43H2,3-5H3,(H,45,49)/t31-,32+/m1/s1. The van der Waals surface area contributed by atoms with Crippen molar-refractivity contribution in [2.24, 2.45) is 10.8 Å². The lowest BCUT2D eigenvalue weighted by molar-refractivity contribution is -0.135. The number of rotatable bonds is 11. The predicted molar refractivity (Wildman–Crippen MR) is 206 cm³/mol. The third-order valence-electron chi connectivity index (χ3n) is 10.7. The molecule has 0 aromatic heterocycles. The molecule has 2 fully saturated rings. The summed E-state index contributed by atoms with van der Waals surface area (Å²) in [5.41, 5.74) is 9.96. The summed E-state index contributed by atoms with van der Waals surface area (Å²) in [5, 5.41) is 0. The number of fused-ring (bicyclic) bond motifs is 4. The van der Waals surface area contributed by atoms with Crippen molar-refractivity contribution in [3.63, 3.8) is 0 Å². The summed E-state index contributed by atoms with van der Waals surface area (Å²) in [7, 11) is 3.14. The third kappa shape index (κ3) is 7.83. The zero-order valence-corrected chi connectivity index (χ0v) is 31.5. The first-order valence-electron chi connectivity index (χ1n) is 18.4. The molecule has 0 aliphatic carbocycles. The summed E-state index contributed by atoms with van der Waals surface area (Å²) in [4.78, 5) is 61.4. The van der Waals surface area contributed by atoms with E-state index in [1.54, 1.807) is 30.3 Å². The zero-order chi connectivity index (χ0) is 39.0. The number of benzene rings is 3. The molecule has 4 aliphatic heterocycles. The van der Waals surface area contributed by atoms with Crippen molar-refractivity contribution in [3.05, 3.63) is 106 Å². The van der Waals surface area contributed by atoms with Gasteiger partial charge in [-0.2, -0.15) is 0 Å². The highest BCUT2D eigenvalue weighted by atomic mass is 16.5. The van der Waals surface area contributed by atoms with E-state index in [-0.39, 0.29) is 50.1 Å². The molecule has 4 amide bonds. The Labute approximate surface area is 320 Å². The minimum absolute atomic E-state index is 0.0434. The first-order valence-corrected chi connectivity index (χ1v) is 18.4. The number of carbonyl (C=O) groups is 4. The second-order valence-electron chi connectivity index (χ2n) is 14.8. The van der Waals surface area contributed by atoms with Crippen LogP contribution in [-0.2, 0) is 35.8 Å². The molecular weight excluding hydrogens is 700 g/mol. The summed E-state index contributed by atoms with van der Waals surface area (Å²) in [6, 6.07) is 13.2. The fraction of sp³-hybridized carbons (Fsp3) is 0.357. The minimum Gasteiger partial charge on any atom is -0.493 e. The van der Waals surface area contributed by atoms with E-state index in [0.29, 0.717) is 53.6 Å². The van der Waals surface area contributed by atoms with Crippen LogP contribution in [0.5, 0.6) is 17.2 Å². The lowest BCUT2D eigenvalue weighted by atomic mass is 9.98. The van der Waals surface area contributed by atoms with Gasteiger partial charge in [0.25, 0.3) is 11.8 Å². The van der Waals surface area contributed by atoms with E-state index in [0.717, 1.165) is 58.2 Å². The predicted octanol–water partition coefficient (Wildman–Crippen LogP) is 4.70. The average Bonchev–Trinajstić information content (AvgIpc) is 3.68. The Morgan fingerprint density at radius 2 is 1.56 bits per heavy atom. The van der Waals surface area contributed by atoms with E-state index >= 15 is 0 Å². The molecule has 4 heterocycles. The normalized spacial score (nSPS) is 18.5. The summed E-state index contributed by atoms with van der Waals surface area (Å²) in [6.07, 6.45) is 4.56. The Kier molecular flexibility index (Phi) is 10.5. The lowest BCUT2D eigenvalue weighted by Crippen LogP contribution is -2.36. The van der Waals surface area contributed by atoms with Crippen molar-refractivity contribution in [1.29, 1.82) is 0 Å². The van der Waals surface area contributed by atoms with Crippen molar-refractivity contribution < 1.29 is 33.4 Å². The van der Waals surface area contributed by atoms with Gasteiger partial charge in [-0.15, -0.1) is 0 Å². The van der Waals surface area contributed by atoms with Crippen LogP contribution in [0, 0.1) is 6.92 Å². The number of nitrogens with zero attached hydrogens (tertiary/aromatic N) is 4. The van der Waals surface area contributed by atoms with Crippen LogP contribution in [-0.4, -0.2) is 83.9 Å². The van der Waals surface area contributed by atoms with E-state index in [1.165, 1.54) is 12.0 Å². The Balaban J connectivity index is 1.13. The number of hydrogen-bond donors (Lipinski definition) is 2. The van der Waals surface area contributed by atoms with Crippen molar-refractivity contribution in [3.8, 4) is 17.2 Å². The van der Waals surface area contributed by atoms with Gasteiger partial charge in [0, 0.05) is 50.6 Å². The summed E-state index contributed by atoms with van der Waals surface area (Å²) in [5.74, 6) is 5.64. The quantitative estimate of drug-likeness (QED) is 0.0941. The lowest BCUT2D eigenvalue weighted by Gasteiger charge is -2.21. The molecule has 3 aromatic rings. The van der Waals surface area contributed by atoms with Gasteiger partial charge in [0.15, 0.2) is 11.5 Å². The van der Waals surface area contributed by atoms with Gasteiger partial charge < -0.3 is 28.9 Å². The fourth-order valence-corrected chi connectivity index (χ4v) is 7.85. The number of nitrogens with one attached hydrogen (secondary N) is 1. The maximum atomic E-state index is 13.5. The number of methoxy groups -OCH3 is 1. The molecule has 2 saturated heterocycles. The van der Waals surface area contributed by atoms with E-state index < -0.39 is 11.8 Å². The van der Waals surface area contributed by atoms with Crippen LogP contribution in [0.15, 0.2) is 71.8 Å². The number of hydrogen-bond acceptors (Lipinski definition) is 9. The minimum atomic E-state index is -0.580. The van der Waals surface area contributed by atoms with Crippen molar-refractivity contribution >= 4 is 35.5 Å². The van der Waals surface area contributed by atoms with Crippen LogP contribution in [0.3, 0.4) is 0 Å². The van der Waals surface area contributed by atoms with Crippen molar-refractivity contribution in [2.45, 2.75) is 70.9 Å². The third-order valence-corrected chi connectivity index (χ3v) is 10.7. The van der Waals surface area contributed by atoms with Gasteiger partial charge in [-0.1, -0.05) is 36.4 Å². The second kappa shape index (κ2) is 15.4. The molecular formula is C42H46N6O7. The molecule has 13 heteroatoms. The highest BCUT2D eigenvalue weighted by Crippen LogP contribution is 2.39. The molecule has 7 rings (SSSR count). The molecule has 55 heavy (non-hydrogen) atoms. The van der Waals surface area contributed by atoms with Crippen LogP contribution in [0.25, 0.3) is 0 Å². The maximum Gasteiger partial charge on any atom is 0.257 e. The molecule has 3 aromatic carbocycles. The summed E-state index contributed by atoms with van der Waals surface area (Å²) in [6.45, 7) is 11.7. The molecule has 0 bridgehead atoms. The Bertz CT molecular complexity index is 2140. The van der Waals surface area contributed by atoms with Crippen LogP contribution in [0.2, 0.25) is 0 Å². The topological polar surface area (TPSA) is 156 Å². The van der Waals surface area contributed by atoms with E-state index in [2.05, 4.69) is 18.2 Å². The van der Waals surface area contributed by atoms with Crippen LogP contribution < -0.4 is 25.5 Å². The largest absolute Gasteiger partial charge is 0.493 e. The summed E-state index contributed by atoms with van der Waals surface area (Å²) >= 11 is 0. The molecule has 0 spiro atoms. The number of hydrazine groups is 1. The number of aliphatic imine (C=N–C) groups is 1. The Morgan fingerprint density at radius 1 is 0.891 bits per heavy atom. The Hall–Kier alpha value is -5.95. The number of aryl methyl sites for hydroxylation is 2.